The van der Waals surface area contributed by atoms with E-state index in [9.17, 15) is 4.39 Å². The number of benzene rings is 2. The van der Waals surface area contributed by atoms with Crippen LogP contribution in [0.2, 0.25) is 0 Å². The van der Waals surface area contributed by atoms with Crippen molar-refractivity contribution in [3.8, 4) is 33.6 Å². The van der Waals surface area contributed by atoms with E-state index in [-0.39, 0.29) is 11.6 Å². The SMILES string of the molecule is CN(C)Cc1cncc(-c2ccc3[nH]nc(-c4cc5c(-c6cccc(F)c6)ccnc5[nH]4)c3c2F)c1. The number of pyridine rings is 2. The number of fused-ring (bicyclic) bond motifs is 2. The molecule has 6 aromatic rings. The monoisotopic (exact) mass is 480 g/mol. The van der Waals surface area contributed by atoms with Gasteiger partial charge < -0.3 is 9.88 Å². The van der Waals surface area contributed by atoms with Crippen molar-refractivity contribution in [3.63, 3.8) is 0 Å². The largest absolute Gasteiger partial charge is 0.338 e. The molecule has 0 saturated carbocycles. The van der Waals surface area contributed by atoms with Gasteiger partial charge in [0.05, 0.1) is 16.6 Å². The molecular formula is C28H22F2N6. The van der Waals surface area contributed by atoms with E-state index >= 15 is 4.39 Å². The molecule has 0 unspecified atom stereocenters. The number of hydrogen-bond acceptors (Lipinski definition) is 4. The summed E-state index contributed by atoms with van der Waals surface area (Å²) in [5, 5.41) is 8.54. The highest BCUT2D eigenvalue weighted by Gasteiger charge is 2.20. The molecule has 0 atom stereocenters. The van der Waals surface area contributed by atoms with Crippen LogP contribution in [-0.4, -0.2) is 44.1 Å². The lowest BCUT2D eigenvalue weighted by atomic mass is 10.0. The van der Waals surface area contributed by atoms with Crippen LogP contribution < -0.4 is 0 Å². The molecular weight excluding hydrogens is 458 g/mol. The van der Waals surface area contributed by atoms with Gasteiger partial charge in [-0.25, -0.2) is 13.8 Å². The van der Waals surface area contributed by atoms with Crippen molar-refractivity contribution < 1.29 is 8.78 Å². The van der Waals surface area contributed by atoms with Gasteiger partial charge in [-0.05, 0) is 73.3 Å². The molecule has 4 heterocycles. The fraction of sp³-hybridized carbons (Fsp3) is 0.107. The molecule has 8 heteroatoms. The quantitative estimate of drug-likeness (QED) is 0.309. The molecule has 0 bridgehead atoms. The number of halogens is 2. The summed E-state index contributed by atoms with van der Waals surface area (Å²) >= 11 is 0. The molecule has 36 heavy (non-hydrogen) atoms. The Morgan fingerprint density at radius 1 is 0.917 bits per heavy atom. The number of hydrogen-bond donors (Lipinski definition) is 2. The van der Waals surface area contributed by atoms with E-state index in [0.29, 0.717) is 45.6 Å². The minimum Gasteiger partial charge on any atom is -0.338 e. The van der Waals surface area contributed by atoms with Crippen molar-refractivity contribution in [2.75, 3.05) is 14.1 Å². The van der Waals surface area contributed by atoms with Crippen LogP contribution in [0.3, 0.4) is 0 Å². The number of aromatic amines is 2. The maximum atomic E-state index is 16.0. The number of rotatable bonds is 5. The summed E-state index contributed by atoms with van der Waals surface area (Å²) in [7, 11) is 3.96. The van der Waals surface area contributed by atoms with Crippen LogP contribution >= 0.6 is 0 Å². The third-order valence-electron chi connectivity index (χ3n) is 6.19. The van der Waals surface area contributed by atoms with Gasteiger partial charge in [0.25, 0.3) is 0 Å². The zero-order chi connectivity index (χ0) is 24.8. The fourth-order valence-corrected chi connectivity index (χ4v) is 4.64. The van der Waals surface area contributed by atoms with Gasteiger partial charge in [0.15, 0.2) is 0 Å². The highest BCUT2D eigenvalue weighted by atomic mass is 19.1. The Kier molecular flexibility index (Phi) is 5.30. The summed E-state index contributed by atoms with van der Waals surface area (Å²) in [4.78, 5) is 14.0. The second-order valence-electron chi connectivity index (χ2n) is 9.06. The standard InChI is InChI=1S/C28H22F2N6/c1-36(2)15-16-10-18(14-31-13-16)21-6-7-23-25(26(21)30)27(35-34-23)24-12-22-20(8-9-32-28(22)33-24)17-4-3-5-19(29)11-17/h3-14H,15H2,1-2H3,(H,32,33)(H,34,35). The maximum Gasteiger partial charge on any atom is 0.142 e. The second-order valence-corrected chi connectivity index (χ2v) is 9.06. The summed E-state index contributed by atoms with van der Waals surface area (Å²) in [5.74, 6) is -0.692. The molecule has 0 saturated heterocycles. The van der Waals surface area contributed by atoms with Crippen LogP contribution in [0.5, 0.6) is 0 Å². The van der Waals surface area contributed by atoms with E-state index in [4.69, 9.17) is 0 Å². The van der Waals surface area contributed by atoms with E-state index in [1.807, 2.05) is 49.3 Å². The molecule has 0 aliphatic carbocycles. The third kappa shape index (κ3) is 3.81. The first-order valence-electron chi connectivity index (χ1n) is 11.5. The Hall–Kier alpha value is -4.43. The van der Waals surface area contributed by atoms with Gasteiger partial charge in [-0.3, -0.25) is 10.1 Å². The van der Waals surface area contributed by atoms with Crippen molar-refractivity contribution in [3.05, 3.63) is 90.4 Å². The molecule has 2 aromatic carbocycles. The Bertz CT molecular complexity index is 1730. The predicted octanol–water partition coefficient (Wildman–Crippen LogP) is 6.18. The molecule has 2 N–H and O–H groups in total. The number of nitrogens with one attached hydrogen (secondary N) is 2. The Morgan fingerprint density at radius 3 is 2.64 bits per heavy atom. The highest BCUT2D eigenvalue weighted by Crippen LogP contribution is 2.36. The van der Waals surface area contributed by atoms with Crippen molar-refractivity contribution in [1.29, 1.82) is 0 Å². The second kappa shape index (κ2) is 8.66. The van der Waals surface area contributed by atoms with Gasteiger partial charge in [-0.15, -0.1) is 0 Å². The molecule has 0 aliphatic rings. The maximum absolute atomic E-state index is 16.0. The van der Waals surface area contributed by atoms with Gasteiger partial charge >= 0.3 is 0 Å². The molecule has 0 amide bonds. The van der Waals surface area contributed by atoms with Gasteiger partial charge in [-0.1, -0.05) is 12.1 Å². The van der Waals surface area contributed by atoms with Gasteiger partial charge in [0, 0.05) is 41.6 Å². The summed E-state index contributed by atoms with van der Waals surface area (Å²) in [6.07, 6.45) is 5.12. The Balaban J connectivity index is 1.49. The molecule has 0 aliphatic heterocycles. The van der Waals surface area contributed by atoms with Crippen LogP contribution in [0.4, 0.5) is 8.78 Å². The van der Waals surface area contributed by atoms with E-state index in [2.05, 4.69) is 25.1 Å². The summed E-state index contributed by atoms with van der Waals surface area (Å²) in [5.41, 5.74) is 5.97. The average Bonchev–Trinajstić information content (AvgIpc) is 3.48. The Labute approximate surface area is 205 Å². The summed E-state index contributed by atoms with van der Waals surface area (Å²) < 4.78 is 29.9. The van der Waals surface area contributed by atoms with Crippen LogP contribution in [0.1, 0.15) is 5.56 Å². The molecule has 6 rings (SSSR count). The summed E-state index contributed by atoms with van der Waals surface area (Å²) in [6.45, 7) is 0.706. The zero-order valence-electron chi connectivity index (χ0n) is 19.7. The topological polar surface area (TPSA) is 73.5 Å². The predicted molar refractivity (Wildman–Crippen MR) is 137 cm³/mol. The van der Waals surface area contributed by atoms with Gasteiger partial charge in [-0.2, -0.15) is 5.10 Å². The third-order valence-corrected chi connectivity index (χ3v) is 6.19. The average molecular weight is 481 g/mol. The van der Waals surface area contributed by atoms with Crippen LogP contribution in [0, 0.1) is 11.6 Å². The van der Waals surface area contributed by atoms with Gasteiger partial charge in [0.1, 0.15) is 23.0 Å². The normalized spacial score (nSPS) is 11.7. The molecule has 178 valence electrons. The minimum absolute atomic E-state index is 0.315. The van der Waals surface area contributed by atoms with E-state index < -0.39 is 0 Å². The van der Waals surface area contributed by atoms with Gasteiger partial charge in [0.2, 0.25) is 0 Å². The lowest BCUT2D eigenvalue weighted by molar-refractivity contribution is 0.402. The minimum atomic E-state index is -0.378. The van der Waals surface area contributed by atoms with Crippen molar-refractivity contribution in [2.45, 2.75) is 6.54 Å². The van der Waals surface area contributed by atoms with Crippen LogP contribution in [0.25, 0.3) is 55.6 Å². The number of H-pyrrole nitrogens is 2. The van der Waals surface area contributed by atoms with E-state index in [1.165, 1.54) is 12.1 Å². The molecule has 0 spiro atoms. The highest BCUT2D eigenvalue weighted by molar-refractivity contribution is 6.01. The molecule has 4 aromatic heterocycles. The zero-order valence-corrected chi connectivity index (χ0v) is 19.7. The van der Waals surface area contributed by atoms with Crippen molar-refractivity contribution >= 4 is 21.9 Å². The lowest BCUT2D eigenvalue weighted by Crippen LogP contribution is -2.10. The smallest absolute Gasteiger partial charge is 0.142 e. The fourth-order valence-electron chi connectivity index (χ4n) is 4.64. The van der Waals surface area contributed by atoms with Crippen molar-refractivity contribution in [1.82, 2.24) is 30.0 Å². The lowest BCUT2D eigenvalue weighted by Gasteiger charge is -2.11. The number of nitrogens with zero attached hydrogens (tertiary/aromatic N) is 4. The van der Waals surface area contributed by atoms with Crippen molar-refractivity contribution in [2.24, 2.45) is 0 Å². The first-order chi connectivity index (χ1) is 17.5. The van der Waals surface area contributed by atoms with Crippen LogP contribution in [0.15, 0.2) is 73.2 Å². The van der Waals surface area contributed by atoms with E-state index in [0.717, 1.165) is 22.1 Å². The number of aromatic nitrogens is 5. The Morgan fingerprint density at radius 2 is 1.81 bits per heavy atom. The molecule has 0 radical (unpaired) electrons. The first-order valence-corrected chi connectivity index (χ1v) is 11.5. The van der Waals surface area contributed by atoms with Crippen LogP contribution in [-0.2, 0) is 6.54 Å². The van der Waals surface area contributed by atoms with E-state index in [1.54, 1.807) is 30.7 Å². The molecule has 6 nitrogen and oxygen atoms in total. The summed E-state index contributed by atoms with van der Waals surface area (Å²) in [6, 6.07) is 15.6. The molecule has 0 fully saturated rings. The first kappa shape index (κ1) is 22.1.